The molecule has 1 unspecified atom stereocenters. The average Bonchev–Trinajstić information content (AvgIpc) is 2.18. The first-order valence-electron chi connectivity index (χ1n) is 3.48. The highest BCUT2D eigenvalue weighted by molar-refractivity contribution is 4.74. The SMILES string of the molecule is CN1CCNC1CCN.[HH]. The summed E-state index contributed by atoms with van der Waals surface area (Å²) in [4.78, 5) is 2.30. The lowest BCUT2D eigenvalue weighted by molar-refractivity contribution is 0.283. The van der Waals surface area contributed by atoms with Gasteiger partial charge in [0, 0.05) is 14.5 Å². The van der Waals surface area contributed by atoms with Crippen molar-refractivity contribution in [2.24, 2.45) is 5.73 Å². The van der Waals surface area contributed by atoms with Crippen LogP contribution in [0.3, 0.4) is 0 Å². The third-order valence-electron chi connectivity index (χ3n) is 1.82. The molecule has 0 bridgehead atoms. The number of hydrogen-bond acceptors (Lipinski definition) is 3. The Bertz CT molecular complexity index is 89.1. The van der Waals surface area contributed by atoms with E-state index in [0.29, 0.717) is 6.17 Å². The lowest BCUT2D eigenvalue weighted by atomic mass is 10.3. The Hall–Kier alpha value is -0.120. The van der Waals surface area contributed by atoms with Gasteiger partial charge in [-0.2, -0.15) is 0 Å². The zero-order valence-electron chi connectivity index (χ0n) is 5.93. The molecule has 3 N–H and O–H groups in total. The highest BCUT2D eigenvalue weighted by atomic mass is 15.3. The quantitative estimate of drug-likeness (QED) is 0.528. The number of nitrogens with zero attached hydrogens (tertiary/aromatic N) is 1. The van der Waals surface area contributed by atoms with Crippen LogP contribution in [0.25, 0.3) is 0 Å². The van der Waals surface area contributed by atoms with Gasteiger partial charge >= 0.3 is 0 Å². The molecule has 0 amide bonds. The molecule has 0 aromatic carbocycles. The standard InChI is InChI=1S/C6H15N3.H2/c1-9-5-4-8-6(9)2-3-7;/h6,8H,2-5,7H2,1H3;1H. The maximum Gasteiger partial charge on any atom is 0.0607 e. The molecule has 0 spiro atoms. The average molecular weight is 131 g/mol. The predicted molar refractivity (Wildman–Crippen MR) is 40.2 cm³/mol. The Labute approximate surface area is 57.7 Å². The van der Waals surface area contributed by atoms with Crippen LogP contribution < -0.4 is 11.1 Å². The molecule has 0 aliphatic carbocycles. The summed E-state index contributed by atoms with van der Waals surface area (Å²) in [5, 5.41) is 3.35. The molecule has 1 saturated heterocycles. The van der Waals surface area contributed by atoms with Crippen molar-refractivity contribution in [2.75, 3.05) is 26.7 Å². The molecule has 0 saturated carbocycles. The van der Waals surface area contributed by atoms with Crippen molar-refractivity contribution < 1.29 is 1.43 Å². The predicted octanol–water partition coefficient (Wildman–Crippen LogP) is -0.558. The maximum absolute atomic E-state index is 5.40. The van der Waals surface area contributed by atoms with Crippen molar-refractivity contribution in [1.29, 1.82) is 0 Å². The molecule has 0 aromatic rings. The second-order valence-electron chi connectivity index (χ2n) is 2.53. The van der Waals surface area contributed by atoms with Crippen molar-refractivity contribution in [3.05, 3.63) is 0 Å². The van der Waals surface area contributed by atoms with Gasteiger partial charge in [-0.05, 0) is 20.0 Å². The molecule has 1 aliphatic heterocycles. The second kappa shape index (κ2) is 3.15. The first-order valence-corrected chi connectivity index (χ1v) is 3.48. The summed E-state index contributed by atoms with van der Waals surface area (Å²) in [6.45, 7) is 3.05. The summed E-state index contributed by atoms with van der Waals surface area (Å²) in [5.74, 6) is 0. The fourth-order valence-corrected chi connectivity index (χ4v) is 1.20. The van der Waals surface area contributed by atoms with Gasteiger partial charge in [0.05, 0.1) is 6.17 Å². The summed E-state index contributed by atoms with van der Waals surface area (Å²) in [5.41, 5.74) is 5.40. The fourth-order valence-electron chi connectivity index (χ4n) is 1.20. The largest absolute Gasteiger partial charge is 0.330 e. The number of nitrogens with one attached hydrogen (secondary N) is 1. The minimum absolute atomic E-state index is 0. The summed E-state index contributed by atoms with van der Waals surface area (Å²) >= 11 is 0. The molecule has 1 heterocycles. The zero-order chi connectivity index (χ0) is 6.69. The van der Waals surface area contributed by atoms with E-state index >= 15 is 0 Å². The van der Waals surface area contributed by atoms with Crippen LogP contribution in [0.15, 0.2) is 0 Å². The van der Waals surface area contributed by atoms with E-state index in [-0.39, 0.29) is 1.43 Å². The molecule has 56 valence electrons. The number of rotatable bonds is 2. The van der Waals surface area contributed by atoms with E-state index in [4.69, 9.17) is 5.73 Å². The molecule has 1 aliphatic rings. The van der Waals surface area contributed by atoms with Gasteiger partial charge in [-0.3, -0.25) is 4.90 Å². The van der Waals surface area contributed by atoms with E-state index in [0.717, 1.165) is 26.1 Å². The van der Waals surface area contributed by atoms with Crippen LogP contribution in [0, 0.1) is 0 Å². The molecule has 0 aromatic heterocycles. The van der Waals surface area contributed by atoms with Gasteiger partial charge in [0.15, 0.2) is 0 Å². The molecule has 3 heteroatoms. The van der Waals surface area contributed by atoms with E-state index in [2.05, 4.69) is 17.3 Å². The van der Waals surface area contributed by atoms with E-state index < -0.39 is 0 Å². The van der Waals surface area contributed by atoms with Crippen LogP contribution in [0.1, 0.15) is 7.85 Å². The number of nitrogens with two attached hydrogens (primary N) is 1. The minimum Gasteiger partial charge on any atom is -0.330 e. The monoisotopic (exact) mass is 131 g/mol. The highest BCUT2D eigenvalue weighted by Gasteiger charge is 2.17. The summed E-state index contributed by atoms with van der Waals surface area (Å²) in [6, 6.07) is 0. The van der Waals surface area contributed by atoms with Gasteiger partial charge in [-0.1, -0.05) is 0 Å². The van der Waals surface area contributed by atoms with Gasteiger partial charge in [0.25, 0.3) is 0 Å². The first-order chi connectivity index (χ1) is 4.34. The van der Waals surface area contributed by atoms with Gasteiger partial charge in [0.2, 0.25) is 0 Å². The summed E-state index contributed by atoms with van der Waals surface area (Å²) in [6.07, 6.45) is 1.60. The molecule has 1 rings (SSSR count). The van der Waals surface area contributed by atoms with Crippen LogP contribution >= 0.6 is 0 Å². The van der Waals surface area contributed by atoms with Crippen LogP contribution in [-0.4, -0.2) is 37.7 Å². The van der Waals surface area contributed by atoms with Crippen molar-refractivity contribution >= 4 is 0 Å². The van der Waals surface area contributed by atoms with Crippen molar-refractivity contribution in [3.8, 4) is 0 Å². The molecule has 9 heavy (non-hydrogen) atoms. The molecule has 3 nitrogen and oxygen atoms in total. The topological polar surface area (TPSA) is 41.3 Å². The van der Waals surface area contributed by atoms with E-state index in [1.165, 1.54) is 0 Å². The second-order valence-corrected chi connectivity index (χ2v) is 2.53. The van der Waals surface area contributed by atoms with Crippen molar-refractivity contribution in [2.45, 2.75) is 12.6 Å². The third kappa shape index (κ3) is 1.64. The smallest absolute Gasteiger partial charge is 0.0607 e. The van der Waals surface area contributed by atoms with Gasteiger partial charge in [-0.15, -0.1) is 0 Å². The Balaban J connectivity index is 0.000000810. The maximum atomic E-state index is 5.40. The number of likely N-dealkylation sites (N-methyl/N-ethyl adjacent to an activating group) is 1. The van der Waals surface area contributed by atoms with E-state index in [9.17, 15) is 0 Å². The highest BCUT2D eigenvalue weighted by Crippen LogP contribution is 2.01. The van der Waals surface area contributed by atoms with Crippen molar-refractivity contribution in [3.63, 3.8) is 0 Å². The molecular formula is C6H17N3. The summed E-state index contributed by atoms with van der Waals surface area (Å²) < 4.78 is 0. The van der Waals surface area contributed by atoms with Gasteiger partial charge in [-0.25, -0.2) is 0 Å². The Morgan fingerprint density at radius 2 is 2.67 bits per heavy atom. The molecular weight excluding hydrogens is 114 g/mol. The molecule has 1 atom stereocenters. The molecule has 0 radical (unpaired) electrons. The first kappa shape index (κ1) is 6.99. The Morgan fingerprint density at radius 1 is 1.89 bits per heavy atom. The van der Waals surface area contributed by atoms with Crippen LogP contribution in [0.5, 0.6) is 0 Å². The van der Waals surface area contributed by atoms with Gasteiger partial charge < -0.3 is 11.1 Å². The fraction of sp³-hybridized carbons (Fsp3) is 1.00. The zero-order valence-corrected chi connectivity index (χ0v) is 5.93. The summed E-state index contributed by atoms with van der Waals surface area (Å²) in [7, 11) is 2.13. The van der Waals surface area contributed by atoms with E-state index in [1.807, 2.05) is 0 Å². The van der Waals surface area contributed by atoms with Crippen LogP contribution in [0.4, 0.5) is 0 Å². The van der Waals surface area contributed by atoms with E-state index in [1.54, 1.807) is 0 Å². The van der Waals surface area contributed by atoms with Gasteiger partial charge in [0.1, 0.15) is 0 Å². The molecule has 1 fully saturated rings. The Morgan fingerprint density at radius 3 is 3.11 bits per heavy atom. The minimum atomic E-state index is 0. The number of hydrogen-bond donors (Lipinski definition) is 2. The Kier molecular flexibility index (Phi) is 2.45. The van der Waals surface area contributed by atoms with Crippen LogP contribution in [0.2, 0.25) is 0 Å². The van der Waals surface area contributed by atoms with Crippen LogP contribution in [-0.2, 0) is 0 Å². The third-order valence-corrected chi connectivity index (χ3v) is 1.82. The normalized spacial score (nSPS) is 29.3. The lowest BCUT2D eigenvalue weighted by Crippen LogP contribution is -2.34. The lowest BCUT2D eigenvalue weighted by Gasteiger charge is -2.17. The van der Waals surface area contributed by atoms with Crippen molar-refractivity contribution in [1.82, 2.24) is 10.2 Å².